The third kappa shape index (κ3) is 3.18. The van der Waals surface area contributed by atoms with E-state index in [0.29, 0.717) is 0 Å². The fraction of sp³-hybridized carbons (Fsp3) is 0.0625. The lowest BCUT2D eigenvalue weighted by molar-refractivity contribution is -0.539. The number of rotatable bonds is 4. The van der Waals surface area contributed by atoms with Crippen LogP contribution >= 0.6 is 11.5 Å². The van der Waals surface area contributed by atoms with E-state index in [9.17, 15) is 8.42 Å². The first-order valence-corrected chi connectivity index (χ1v) is 8.88. The van der Waals surface area contributed by atoms with Gasteiger partial charge in [-0.2, -0.15) is 4.07 Å². The summed E-state index contributed by atoms with van der Waals surface area (Å²) in [5.41, 5.74) is 2.04. The van der Waals surface area contributed by atoms with Crippen molar-refractivity contribution >= 4 is 21.6 Å². The third-order valence-electron chi connectivity index (χ3n) is 3.11. The van der Waals surface area contributed by atoms with Gasteiger partial charge in [0.2, 0.25) is 0 Å². The van der Waals surface area contributed by atoms with E-state index in [2.05, 4.69) is 4.83 Å². The van der Waals surface area contributed by atoms with Gasteiger partial charge < -0.3 is 4.83 Å². The molecule has 22 heavy (non-hydrogen) atoms. The molecule has 3 rings (SSSR count). The third-order valence-corrected chi connectivity index (χ3v) is 5.43. The molecule has 0 atom stereocenters. The highest BCUT2D eigenvalue weighted by atomic mass is 32.2. The molecule has 1 aromatic heterocycles. The van der Waals surface area contributed by atoms with E-state index in [-0.39, 0.29) is 4.90 Å². The first kappa shape index (κ1) is 14.7. The highest BCUT2D eigenvalue weighted by molar-refractivity contribution is 7.93. The first-order valence-electron chi connectivity index (χ1n) is 6.67. The zero-order chi connectivity index (χ0) is 15.6. The monoisotopic (exact) mass is 330 g/mol. The molecule has 0 bridgehead atoms. The van der Waals surface area contributed by atoms with E-state index in [1.807, 2.05) is 43.3 Å². The molecule has 0 amide bonds. The SMILES string of the molecule is Cc1ccc(S(=O)(=O)[N-][n+]2ccc(-c3ccccc3)s2)cc1. The number of nitrogens with zero attached hydrogens (tertiary/aromatic N) is 2. The number of hydrogen-bond donors (Lipinski definition) is 0. The van der Waals surface area contributed by atoms with E-state index < -0.39 is 10.0 Å². The Morgan fingerprint density at radius 3 is 2.32 bits per heavy atom. The highest BCUT2D eigenvalue weighted by Gasteiger charge is 2.11. The van der Waals surface area contributed by atoms with E-state index in [1.54, 1.807) is 30.5 Å². The van der Waals surface area contributed by atoms with Crippen LogP contribution in [0.3, 0.4) is 0 Å². The summed E-state index contributed by atoms with van der Waals surface area (Å²) in [6.45, 7) is 1.91. The van der Waals surface area contributed by atoms with E-state index in [4.69, 9.17) is 0 Å². The van der Waals surface area contributed by atoms with E-state index in [0.717, 1.165) is 16.0 Å². The van der Waals surface area contributed by atoms with Crippen LogP contribution in [0.1, 0.15) is 5.56 Å². The summed E-state index contributed by atoms with van der Waals surface area (Å²) >= 11 is 1.28. The Bertz CT molecular complexity index is 870. The molecule has 3 aromatic rings. The summed E-state index contributed by atoms with van der Waals surface area (Å²) in [6.07, 6.45) is 1.65. The standard InChI is InChI=1S/C16H14N2O2S2/c1-13-7-9-15(10-8-13)22(19,20)17-18-12-11-16(21-18)14-5-3-2-4-6-14/h2-12H,1H3. The Morgan fingerprint density at radius 1 is 0.955 bits per heavy atom. The van der Waals surface area contributed by atoms with Crippen molar-refractivity contribution in [3.05, 3.63) is 77.3 Å². The molecule has 0 saturated carbocycles. The Kier molecular flexibility index (Phi) is 3.96. The van der Waals surface area contributed by atoms with Gasteiger partial charge in [-0.05, 0) is 24.6 Å². The largest absolute Gasteiger partial charge is 0.303 e. The molecule has 0 unspecified atom stereocenters. The average molecular weight is 330 g/mol. The Balaban J connectivity index is 1.84. The van der Waals surface area contributed by atoms with Crippen LogP contribution in [0.15, 0.2) is 71.8 Å². The van der Waals surface area contributed by atoms with Gasteiger partial charge in [0, 0.05) is 6.07 Å². The van der Waals surface area contributed by atoms with Crippen molar-refractivity contribution in [3.63, 3.8) is 0 Å². The fourth-order valence-corrected chi connectivity index (χ4v) is 3.88. The van der Waals surface area contributed by atoms with Crippen molar-refractivity contribution in [3.8, 4) is 10.4 Å². The summed E-state index contributed by atoms with van der Waals surface area (Å²) in [5.74, 6) is 0. The van der Waals surface area contributed by atoms with E-state index in [1.165, 1.54) is 15.6 Å². The molecule has 0 N–H and O–H groups in total. The van der Waals surface area contributed by atoms with Crippen LogP contribution < -0.4 is 4.07 Å². The maximum Gasteiger partial charge on any atom is 0.180 e. The van der Waals surface area contributed by atoms with Gasteiger partial charge in [-0.15, -0.1) is 0 Å². The molecule has 0 radical (unpaired) electrons. The van der Waals surface area contributed by atoms with Gasteiger partial charge in [-0.3, -0.25) is 0 Å². The normalized spacial score (nSPS) is 11.3. The summed E-state index contributed by atoms with van der Waals surface area (Å²) in [5, 5.41) is 0. The number of aryl methyl sites for hydroxylation is 1. The van der Waals surface area contributed by atoms with Crippen molar-refractivity contribution in [1.29, 1.82) is 0 Å². The Morgan fingerprint density at radius 2 is 1.64 bits per heavy atom. The van der Waals surface area contributed by atoms with Crippen LogP contribution in [0.4, 0.5) is 0 Å². The highest BCUT2D eigenvalue weighted by Crippen LogP contribution is 2.23. The molecule has 0 aliphatic carbocycles. The summed E-state index contributed by atoms with van der Waals surface area (Å²) in [4.78, 5) is 5.00. The minimum absolute atomic E-state index is 0.195. The molecule has 0 aliphatic heterocycles. The lowest BCUT2D eigenvalue weighted by Gasteiger charge is -2.11. The predicted molar refractivity (Wildman–Crippen MR) is 87.1 cm³/mol. The maximum atomic E-state index is 12.3. The second kappa shape index (κ2) is 5.90. The number of benzene rings is 2. The summed E-state index contributed by atoms with van der Waals surface area (Å²) in [7, 11) is -3.70. The quantitative estimate of drug-likeness (QED) is 0.687. The second-order valence-corrected chi connectivity index (χ2v) is 7.39. The topological polar surface area (TPSA) is 52.1 Å². The minimum atomic E-state index is -3.70. The molecule has 112 valence electrons. The summed E-state index contributed by atoms with van der Waals surface area (Å²) in [6, 6.07) is 18.3. The second-order valence-electron chi connectivity index (χ2n) is 4.81. The molecule has 4 nitrogen and oxygen atoms in total. The fourth-order valence-electron chi connectivity index (χ4n) is 1.95. The predicted octanol–water partition coefficient (Wildman–Crippen LogP) is 3.54. The van der Waals surface area contributed by atoms with Crippen LogP contribution in [0.2, 0.25) is 0 Å². The number of hydrogen-bond acceptors (Lipinski definition) is 3. The molecular formula is C16H14N2O2S2. The minimum Gasteiger partial charge on any atom is -0.303 e. The van der Waals surface area contributed by atoms with Gasteiger partial charge in [-0.25, -0.2) is 8.42 Å². The van der Waals surface area contributed by atoms with Crippen molar-refractivity contribution in [2.75, 3.05) is 0 Å². The van der Waals surface area contributed by atoms with Gasteiger partial charge in [-0.1, -0.05) is 48.0 Å². The molecule has 2 aromatic carbocycles. The molecule has 0 fully saturated rings. The number of sulfonamides is 1. The molecule has 0 aliphatic rings. The zero-order valence-corrected chi connectivity index (χ0v) is 13.5. The van der Waals surface area contributed by atoms with Crippen molar-refractivity contribution in [1.82, 2.24) is 0 Å². The lowest BCUT2D eigenvalue weighted by Crippen LogP contribution is -2.26. The van der Waals surface area contributed by atoms with Crippen LogP contribution in [-0.2, 0) is 10.0 Å². The first-order chi connectivity index (χ1) is 10.5. The van der Waals surface area contributed by atoms with Crippen molar-refractivity contribution in [2.24, 2.45) is 0 Å². The van der Waals surface area contributed by atoms with Crippen LogP contribution in [-0.4, -0.2) is 8.42 Å². The molecular weight excluding hydrogens is 316 g/mol. The van der Waals surface area contributed by atoms with E-state index >= 15 is 0 Å². The van der Waals surface area contributed by atoms with Crippen LogP contribution in [0.25, 0.3) is 15.3 Å². The maximum absolute atomic E-state index is 12.3. The van der Waals surface area contributed by atoms with Gasteiger partial charge in [0.1, 0.15) is 16.4 Å². The number of aromatic nitrogens is 1. The average Bonchev–Trinajstić information content (AvgIpc) is 2.96. The zero-order valence-electron chi connectivity index (χ0n) is 11.9. The van der Waals surface area contributed by atoms with Crippen LogP contribution in [0.5, 0.6) is 0 Å². The van der Waals surface area contributed by atoms with Crippen LogP contribution in [0, 0.1) is 6.92 Å². The van der Waals surface area contributed by atoms with Gasteiger partial charge in [0.15, 0.2) is 16.2 Å². The Hall–Kier alpha value is -2.18. The van der Waals surface area contributed by atoms with Gasteiger partial charge in [0.25, 0.3) is 0 Å². The molecule has 0 saturated heterocycles. The molecule has 0 spiro atoms. The lowest BCUT2D eigenvalue weighted by atomic mass is 10.2. The van der Waals surface area contributed by atoms with Crippen molar-refractivity contribution < 1.29 is 12.5 Å². The smallest absolute Gasteiger partial charge is 0.180 e. The molecule has 6 heteroatoms. The summed E-state index contributed by atoms with van der Waals surface area (Å²) < 4.78 is 25.9. The van der Waals surface area contributed by atoms with Gasteiger partial charge >= 0.3 is 0 Å². The van der Waals surface area contributed by atoms with Crippen molar-refractivity contribution in [2.45, 2.75) is 11.8 Å². The van der Waals surface area contributed by atoms with Gasteiger partial charge in [0.05, 0.1) is 4.90 Å². The molecule has 1 heterocycles. The Labute approximate surface area is 133 Å².